The molecule has 5 rings (SSSR count). The molecule has 0 aliphatic rings. The third-order valence-electron chi connectivity index (χ3n) is 5.24. The molecule has 0 amide bonds. The molecule has 0 aliphatic carbocycles. The molecule has 4 N–H and O–H groups in total. The van der Waals surface area contributed by atoms with Gasteiger partial charge in [0.2, 0.25) is 0 Å². The summed E-state index contributed by atoms with van der Waals surface area (Å²) in [6, 6.07) is 26.7. The summed E-state index contributed by atoms with van der Waals surface area (Å²) in [5, 5.41) is 29.8. The fourth-order valence-electron chi connectivity index (χ4n) is 3.52. The van der Waals surface area contributed by atoms with Gasteiger partial charge in [0.05, 0.1) is 26.1 Å². The summed E-state index contributed by atoms with van der Waals surface area (Å²) < 4.78 is 10.2. The van der Waals surface area contributed by atoms with Crippen molar-refractivity contribution < 1.29 is 19.5 Å². The summed E-state index contributed by atoms with van der Waals surface area (Å²) in [5.41, 5.74) is 2.36. The molecule has 5 aromatic rings. The summed E-state index contributed by atoms with van der Waals surface area (Å²) in [6.07, 6.45) is 1.70. The molecule has 2 aromatic heterocycles. The Bertz CT molecular complexity index is 1390. The number of ether oxygens (including phenoxy) is 2. The number of aromatic amines is 1. The zero-order chi connectivity index (χ0) is 24.6. The predicted octanol–water partition coefficient (Wildman–Crippen LogP) is 3.75. The van der Waals surface area contributed by atoms with E-state index in [-0.39, 0.29) is 0 Å². The van der Waals surface area contributed by atoms with Crippen LogP contribution in [-0.4, -0.2) is 46.6 Å². The van der Waals surface area contributed by atoms with Gasteiger partial charge in [0, 0.05) is 17.0 Å². The minimum Gasteiger partial charge on any atom is -0.497 e. The van der Waals surface area contributed by atoms with Gasteiger partial charge in [0.1, 0.15) is 23.1 Å². The summed E-state index contributed by atoms with van der Waals surface area (Å²) >= 11 is 0. The van der Waals surface area contributed by atoms with Crippen LogP contribution in [0.4, 0.5) is 11.6 Å². The summed E-state index contributed by atoms with van der Waals surface area (Å²) in [5.74, 6) is 2.99. The number of rotatable bonds is 6. The number of anilines is 2. The van der Waals surface area contributed by atoms with Gasteiger partial charge >= 0.3 is 7.12 Å². The SMILES string of the molecule is COc1cccc(-c2nc(Nc3ccn[nH]3)cc3ccccc23)c1.COc1cccc(B(O)O)c1. The molecule has 0 aliphatic heterocycles. The molecule has 35 heavy (non-hydrogen) atoms. The highest BCUT2D eigenvalue weighted by molar-refractivity contribution is 6.58. The van der Waals surface area contributed by atoms with Crippen LogP contribution in [0.2, 0.25) is 0 Å². The van der Waals surface area contributed by atoms with Crippen LogP contribution in [0.5, 0.6) is 11.5 Å². The molecule has 0 spiro atoms. The Hall–Kier alpha value is -4.34. The first-order valence-corrected chi connectivity index (χ1v) is 10.9. The molecular formula is C26H25BN4O4. The predicted molar refractivity (Wildman–Crippen MR) is 138 cm³/mol. The minimum absolute atomic E-state index is 0.435. The summed E-state index contributed by atoms with van der Waals surface area (Å²) in [7, 11) is 1.77. The van der Waals surface area contributed by atoms with Gasteiger partial charge in [-0.3, -0.25) is 5.10 Å². The molecular weight excluding hydrogens is 443 g/mol. The number of fused-ring (bicyclic) bond motifs is 1. The van der Waals surface area contributed by atoms with Crippen LogP contribution >= 0.6 is 0 Å². The highest BCUT2D eigenvalue weighted by Crippen LogP contribution is 2.31. The number of aromatic nitrogens is 3. The van der Waals surface area contributed by atoms with Crippen molar-refractivity contribution in [1.82, 2.24) is 15.2 Å². The molecule has 9 heteroatoms. The molecule has 0 radical (unpaired) electrons. The van der Waals surface area contributed by atoms with Crippen molar-refractivity contribution in [3.8, 4) is 22.8 Å². The number of hydrogen-bond acceptors (Lipinski definition) is 7. The Morgan fingerprint density at radius 2 is 1.57 bits per heavy atom. The van der Waals surface area contributed by atoms with Crippen molar-refractivity contribution in [1.29, 1.82) is 0 Å². The van der Waals surface area contributed by atoms with Crippen LogP contribution in [0.1, 0.15) is 0 Å². The molecule has 0 atom stereocenters. The Balaban J connectivity index is 0.000000221. The van der Waals surface area contributed by atoms with Crippen molar-refractivity contribution in [3.63, 3.8) is 0 Å². The van der Waals surface area contributed by atoms with E-state index in [2.05, 4.69) is 27.6 Å². The lowest BCUT2D eigenvalue weighted by Crippen LogP contribution is -2.29. The standard InChI is InChI=1S/C19H16N4O.C7H9BO3/c1-24-15-7-4-6-14(11-15)19-16-8-3-2-5-13(16)12-18(22-19)21-17-9-10-20-23-17;1-11-7-4-2-3-6(5-7)8(9)10/h2-12H,1H3,(H2,20,21,22,23);2-5,9-10H,1H3. The van der Waals surface area contributed by atoms with Crippen LogP contribution < -0.4 is 20.3 Å². The highest BCUT2D eigenvalue weighted by atomic mass is 16.5. The van der Waals surface area contributed by atoms with Crippen LogP contribution in [0, 0.1) is 0 Å². The van der Waals surface area contributed by atoms with Gasteiger partial charge in [-0.1, -0.05) is 48.5 Å². The van der Waals surface area contributed by atoms with Gasteiger partial charge in [0.15, 0.2) is 0 Å². The van der Waals surface area contributed by atoms with Crippen molar-refractivity contribution in [2.75, 3.05) is 19.5 Å². The zero-order valence-corrected chi connectivity index (χ0v) is 19.3. The van der Waals surface area contributed by atoms with Crippen LogP contribution in [0.3, 0.4) is 0 Å². The van der Waals surface area contributed by atoms with Gasteiger partial charge in [-0.05, 0) is 41.2 Å². The number of hydrogen-bond donors (Lipinski definition) is 4. The zero-order valence-electron chi connectivity index (χ0n) is 19.3. The minimum atomic E-state index is -1.43. The van der Waals surface area contributed by atoms with Crippen molar-refractivity contribution >= 4 is 35.0 Å². The Morgan fingerprint density at radius 1 is 0.829 bits per heavy atom. The van der Waals surface area contributed by atoms with Gasteiger partial charge in [-0.25, -0.2) is 4.98 Å². The number of nitrogens with zero attached hydrogens (tertiary/aromatic N) is 2. The Morgan fingerprint density at radius 3 is 2.29 bits per heavy atom. The van der Waals surface area contributed by atoms with E-state index in [1.165, 1.54) is 7.11 Å². The average molecular weight is 468 g/mol. The van der Waals surface area contributed by atoms with E-state index >= 15 is 0 Å². The maximum absolute atomic E-state index is 8.74. The third kappa shape index (κ3) is 5.97. The van der Waals surface area contributed by atoms with E-state index in [0.717, 1.165) is 39.4 Å². The molecule has 3 aromatic carbocycles. The largest absolute Gasteiger partial charge is 0.497 e. The van der Waals surface area contributed by atoms with Gasteiger partial charge < -0.3 is 24.8 Å². The van der Waals surface area contributed by atoms with Gasteiger partial charge in [0.25, 0.3) is 0 Å². The number of H-pyrrole nitrogens is 1. The maximum atomic E-state index is 8.74. The number of nitrogens with one attached hydrogen (secondary N) is 2. The van der Waals surface area contributed by atoms with Gasteiger partial charge in [-0.15, -0.1) is 0 Å². The third-order valence-corrected chi connectivity index (χ3v) is 5.24. The van der Waals surface area contributed by atoms with E-state index in [9.17, 15) is 0 Å². The molecule has 8 nitrogen and oxygen atoms in total. The molecule has 0 saturated carbocycles. The first kappa shape index (κ1) is 23.8. The van der Waals surface area contributed by atoms with Crippen molar-refractivity contribution in [2.24, 2.45) is 0 Å². The lowest BCUT2D eigenvalue weighted by Gasteiger charge is -2.11. The molecule has 0 saturated heterocycles. The van der Waals surface area contributed by atoms with E-state index in [0.29, 0.717) is 11.2 Å². The second-order valence-corrected chi connectivity index (χ2v) is 7.55. The number of pyridine rings is 1. The van der Waals surface area contributed by atoms with Crippen LogP contribution in [-0.2, 0) is 0 Å². The molecule has 176 valence electrons. The first-order chi connectivity index (χ1) is 17.1. The average Bonchev–Trinajstić information content (AvgIpc) is 3.41. The number of methoxy groups -OCH3 is 2. The lowest BCUT2D eigenvalue weighted by atomic mass is 9.80. The van der Waals surface area contributed by atoms with E-state index in [1.807, 2.05) is 48.5 Å². The fourth-order valence-corrected chi connectivity index (χ4v) is 3.52. The molecule has 2 heterocycles. The van der Waals surface area contributed by atoms with E-state index < -0.39 is 7.12 Å². The van der Waals surface area contributed by atoms with Crippen LogP contribution in [0.15, 0.2) is 91.1 Å². The number of benzene rings is 3. The normalized spacial score (nSPS) is 10.3. The molecule has 0 bridgehead atoms. The smallest absolute Gasteiger partial charge is 0.488 e. The highest BCUT2D eigenvalue weighted by Gasteiger charge is 2.11. The molecule has 0 unspecified atom stereocenters. The Kier molecular flexibility index (Phi) is 7.61. The van der Waals surface area contributed by atoms with Crippen molar-refractivity contribution in [2.45, 2.75) is 0 Å². The second-order valence-electron chi connectivity index (χ2n) is 7.55. The monoisotopic (exact) mass is 468 g/mol. The maximum Gasteiger partial charge on any atom is 0.488 e. The lowest BCUT2D eigenvalue weighted by molar-refractivity contribution is 0.412. The second kappa shape index (κ2) is 11.2. The molecule has 0 fully saturated rings. The quantitative estimate of drug-likeness (QED) is 0.281. The van der Waals surface area contributed by atoms with Crippen molar-refractivity contribution in [3.05, 3.63) is 91.1 Å². The topological polar surface area (TPSA) is 113 Å². The fraction of sp³-hybridized carbons (Fsp3) is 0.0769. The first-order valence-electron chi connectivity index (χ1n) is 10.9. The summed E-state index contributed by atoms with van der Waals surface area (Å²) in [4.78, 5) is 4.81. The van der Waals surface area contributed by atoms with E-state index in [4.69, 9.17) is 24.5 Å². The van der Waals surface area contributed by atoms with E-state index in [1.54, 1.807) is 37.6 Å². The van der Waals surface area contributed by atoms with Crippen LogP contribution in [0.25, 0.3) is 22.0 Å². The Labute approximate surface area is 203 Å². The van der Waals surface area contributed by atoms with Gasteiger partial charge in [-0.2, -0.15) is 5.10 Å². The summed E-state index contributed by atoms with van der Waals surface area (Å²) in [6.45, 7) is 0.